The lowest BCUT2D eigenvalue weighted by molar-refractivity contribution is 0.0938. The van der Waals surface area contributed by atoms with E-state index in [0.717, 1.165) is 35.5 Å². The summed E-state index contributed by atoms with van der Waals surface area (Å²) < 4.78 is 11.7. The van der Waals surface area contributed by atoms with Gasteiger partial charge in [-0.05, 0) is 75.1 Å². The number of aryl methyl sites for hydroxylation is 2. The van der Waals surface area contributed by atoms with Crippen LogP contribution in [0.1, 0.15) is 47.3 Å². The normalized spacial score (nSPS) is 11.6. The van der Waals surface area contributed by atoms with E-state index in [1.54, 1.807) is 6.07 Å². The van der Waals surface area contributed by atoms with Crippen molar-refractivity contribution in [2.75, 3.05) is 6.61 Å². The molecule has 3 aromatic rings. The monoisotopic (exact) mass is 417 g/mol. The molecule has 4 heteroatoms. The predicted octanol–water partition coefficient (Wildman–Crippen LogP) is 5.72. The van der Waals surface area contributed by atoms with Gasteiger partial charge in [-0.3, -0.25) is 4.79 Å². The smallest absolute Gasteiger partial charge is 0.251 e. The Labute approximate surface area is 185 Å². The Morgan fingerprint density at radius 3 is 2.52 bits per heavy atom. The van der Waals surface area contributed by atoms with Gasteiger partial charge in [0.05, 0.1) is 6.61 Å². The molecule has 0 saturated heterocycles. The lowest BCUT2D eigenvalue weighted by Gasteiger charge is -2.16. The molecule has 0 saturated carbocycles. The quantitative estimate of drug-likeness (QED) is 0.459. The number of ether oxygens (including phenoxy) is 2. The van der Waals surface area contributed by atoms with E-state index in [2.05, 4.69) is 17.4 Å². The maximum atomic E-state index is 12.8. The first-order chi connectivity index (χ1) is 15.0. The SMILES string of the molecule is CCOc1ccc(C(=O)NC(C)CCc2ccccc2)cc1COc1cccc(C)c1. The van der Waals surface area contributed by atoms with E-state index in [9.17, 15) is 4.79 Å². The molecule has 3 rings (SSSR count). The third kappa shape index (κ3) is 6.88. The Balaban J connectivity index is 1.64. The average Bonchev–Trinajstić information content (AvgIpc) is 2.78. The zero-order chi connectivity index (χ0) is 22.1. The Morgan fingerprint density at radius 2 is 1.77 bits per heavy atom. The minimum absolute atomic E-state index is 0.0752. The standard InChI is InChI=1S/C27H31NO3/c1-4-30-26-16-15-23(18-24(26)19-31-25-12-8-9-20(2)17-25)27(29)28-21(3)13-14-22-10-6-5-7-11-22/h5-12,15-18,21H,4,13-14,19H2,1-3H3,(H,28,29). The van der Waals surface area contributed by atoms with Crippen LogP contribution in [0.4, 0.5) is 0 Å². The van der Waals surface area contributed by atoms with Gasteiger partial charge in [0.15, 0.2) is 0 Å². The third-order valence-electron chi connectivity index (χ3n) is 5.09. The molecule has 0 aliphatic rings. The first-order valence-electron chi connectivity index (χ1n) is 10.8. The molecule has 0 spiro atoms. The molecule has 0 aromatic heterocycles. The predicted molar refractivity (Wildman–Crippen MR) is 125 cm³/mol. The summed E-state index contributed by atoms with van der Waals surface area (Å²) in [5, 5.41) is 3.11. The highest BCUT2D eigenvalue weighted by atomic mass is 16.5. The maximum Gasteiger partial charge on any atom is 0.251 e. The second-order valence-electron chi connectivity index (χ2n) is 7.76. The minimum atomic E-state index is -0.0829. The number of benzene rings is 3. The van der Waals surface area contributed by atoms with Crippen LogP contribution in [0, 0.1) is 6.92 Å². The molecule has 0 aliphatic carbocycles. The molecule has 1 N–H and O–H groups in total. The van der Waals surface area contributed by atoms with Crippen molar-refractivity contribution >= 4 is 5.91 Å². The zero-order valence-corrected chi connectivity index (χ0v) is 18.6. The van der Waals surface area contributed by atoms with Crippen LogP contribution in [0.2, 0.25) is 0 Å². The van der Waals surface area contributed by atoms with Gasteiger partial charge in [0.1, 0.15) is 18.1 Å². The molecule has 31 heavy (non-hydrogen) atoms. The van der Waals surface area contributed by atoms with Gasteiger partial charge in [0.25, 0.3) is 5.91 Å². The summed E-state index contributed by atoms with van der Waals surface area (Å²) in [5.74, 6) is 1.45. The summed E-state index contributed by atoms with van der Waals surface area (Å²) in [7, 11) is 0. The molecular weight excluding hydrogens is 386 g/mol. The van der Waals surface area contributed by atoms with E-state index in [4.69, 9.17) is 9.47 Å². The molecule has 1 unspecified atom stereocenters. The van der Waals surface area contributed by atoms with Crippen LogP contribution in [0.25, 0.3) is 0 Å². The second kappa shape index (κ2) is 11.2. The van der Waals surface area contributed by atoms with Crippen molar-refractivity contribution in [2.24, 2.45) is 0 Å². The number of carbonyl (C=O) groups excluding carboxylic acids is 1. The van der Waals surface area contributed by atoms with Crippen molar-refractivity contribution in [3.63, 3.8) is 0 Å². The van der Waals surface area contributed by atoms with Crippen LogP contribution in [0.5, 0.6) is 11.5 Å². The molecule has 0 aliphatic heterocycles. The number of nitrogens with one attached hydrogen (secondary N) is 1. The van der Waals surface area contributed by atoms with Crippen molar-refractivity contribution in [1.82, 2.24) is 5.32 Å². The fourth-order valence-electron chi connectivity index (χ4n) is 3.40. The minimum Gasteiger partial charge on any atom is -0.493 e. The molecule has 1 atom stereocenters. The number of rotatable bonds is 10. The molecule has 4 nitrogen and oxygen atoms in total. The van der Waals surface area contributed by atoms with Crippen molar-refractivity contribution in [2.45, 2.75) is 46.3 Å². The Bertz CT molecular complexity index is 985. The van der Waals surface area contributed by atoms with E-state index in [0.29, 0.717) is 18.8 Å². The van der Waals surface area contributed by atoms with Gasteiger partial charge in [-0.1, -0.05) is 42.5 Å². The number of hydrogen-bond acceptors (Lipinski definition) is 3. The average molecular weight is 418 g/mol. The van der Waals surface area contributed by atoms with Gasteiger partial charge in [0.2, 0.25) is 0 Å². The number of carbonyl (C=O) groups is 1. The highest BCUT2D eigenvalue weighted by Crippen LogP contribution is 2.23. The Hall–Kier alpha value is -3.27. The summed E-state index contributed by atoms with van der Waals surface area (Å²) in [5.41, 5.74) is 3.88. The molecular formula is C27H31NO3. The van der Waals surface area contributed by atoms with Crippen molar-refractivity contribution in [3.8, 4) is 11.5 Å². The van der Waals surface area contributed by atoms with Gasteiger partial charge in [0, 0.05) is 17.2 Å². The van der Waals surface area contributed by atoms with E-state index in [-0.39, 0.29) is 11.9 Å². The van der Waals surface area contributed by atoms with Crippen LogP contribution in [0.3, 0.4) is 0 Å². The van der Waals surface area contributed by atoms with Crippen LogP contribution < -0.4 is 14.8 Å². The molecule has 3 aromatic carbocycles. The van der Waals surface area contributed by atoms with Gasteiger partial charge in [-0.2, -0.15) is 0 Å². The van der Waals surface area contributed by atoms with Gasteiger partial charge in [-0.25, -0.2) is 0 Å². The fourth-order valence-corrected chi connectivity index (χ4v) is 3.40. The first kappa shape index (κ1) is 22.4. The summed E-state index contributed by atoms with van der Waals surface area (Å²) >= 11 is 0. The molecule has 0 radical (unpaired) electrons. The first-order valence-corrected chi connectivity index (χ1v) is 10.8. The topological polar surface area (TPSA) is 47.6 Å². The van der Waals surface area contributed by atoms with E-state index >= 15 is 0 Å². The molecule has 0 heterocycles. The summed E-state index contributed by atoms with van der Waals surface area (Å²) in [4.78, 5) is 12.8. The summed E-state index contributed by atoms with van der Waals surface area (Å²) in [6.45, 7) is 6.91. The molecule has 162 valence electrons. The third-order valence-corrected chi connectivity index (χ3v) is 5.09. The van der Waals surface area contributed by atoms with Crippen LogP contribution in [-0.4, -0.2) is 18.6 Å². The van der Waals surface area contributed by atoms with Crippen molar-refractivity contribution in [3.05, 3.63) is 95.1 Å². The second-order valence-corrected chi connectivity index (χ2v) is 7.76. The fraction of sp³-hybridized carbons (Fsp3) is 0.296. The largest absolute Gasteiger partial charge is 0.493 e. The molecule has 0 bridgehead atoms. The zero-order valence-electron chi connectivity index (χ0n) is 18.6. The van der Waals surface area contributed by atoms with Crippen molar-refractivity contribution < 1.29 is 14.3 Å². The van der Waals surface area contributed by atoms with E-state index in [1.807, 2.05) is 75.4 Å². The lowest BCUT2D eigenvalue weighted by Crippen LogP contribution is -2.33. The van der Waals surface area contributed by atoms with Crippen LogP contribution >= 0.6 is 0 Å². The summed E-state index contributed by atoms with van der Waals surface area (Å²) in [6, 6.07) is 23.8. The molecule has 1 amide bonds. The van der Waals surface area contributed by atoms with Gasteiger partial charge >= 0.3 is 0 Å². The highest BCUT2D eigenvalue weighted by Gasteiger charge is 2.14. The van der Waals surface area contributed by atoms with Crippen LogP contribution in [0.15, 0.2) is 72.8 Å². The van der Waals surface area contributed by atoms with Gasteiger partial charge in [-0.15, -0.1) is 0 Å². The van der Waals surface area contributed by atoms with E-state index < -0.39 is 0 Å². The van der Waals surface area contributed by atoms with Crippen LogP contribution in [-0.2, 0) is 13.0 Å². The highest BCUT2D eigenvalue weighted by molar-refractivity contribution is 5.94. The van der Waals surface area contributed by atoms with E-state index in [1.165, 1.54) is 5.56 Å². The number of hydrogen-bond donors (Lipinski definition) is 1. The lowest BCUT2D eigenvalue weighted by atomic mass is 10.1. The summed E-state index contributed by atoms with van der Waals surface area (Å²) in [6.07, 6.45) is 1.82. The number of amides is 1. The molecule has 0 fully saturated rings. The van der Waals surface area contributed by atoms with Gasteiger partial charge < -0.3 is 14.8 Å². The maximum absolute atomic E-state index is 12.8. The Morgan fingerprint density at radius 1 is 0.968 bits per heavy atom. The Kier molecular flexibility index (Phi) is 8.11. The van der Waals surface area contributed by atoms with Crippen molar-refractivity contribution in [1.29, 1.82) is 0 Å².